The fourth-order valence-corrected chi connectivity index (χ4v) is 4.43. The van der Waals surface area contributed by atoms with Gasteiger partial charge in [-0.2, -0.15) is 15.2 Å². The van der Waals surface area contributed by atoms with Gasteiger partial charge in [0.1, 0.15) is 11.9 Å². The zero-order chi connectivity index (χ0) is 22.1. The lowest BCUT2D eigenvalue weighted by molar-refractivity contribution is -0.122. The van der Waals surface area contributed by atoms with Crippen LogP contribution in [0, 0.1) is 0 Å². The van der Waals surface area contributed by atoms with Gasteiger partial charge in [-0.3, -0.25) is 15.0 Å². The molecule has 1 atom stereocenters. The average Bonchev–Trinajstić information content (AvgIpc) is 3.58. The van der Waals surface area contributed by atoms with Crippen molar-refractivity contribution in [1.29, 1.82) is 0 Å². The van der Waals surface area contributed by atoms with Gasteiger partial charge in [0.05, 0.1) is 17.9 Å². The van der Waals surface area contributed by atoms with Crippen LogP contribution in [0.2, 0.25) is 0 Å². The summed E-state index contributed by atoms with van der Waals surface area (Å²) in [5.41, 5.74) is 4.18. The van der Waals surface area contributed by atoms with Crippen LogP contribution < -0.4 is 15.5 Å². The van der Waals surface area contributed by atoms with E-state index in [1.807, 2.05) is 17.0 Å². The zero-order valence-corrected chi connectivity index (χ0v) is 18.5. The van der Waals surface area contributed by atoms with E-state index in [-0.39, 0.29) is 11.9 Å². The fraction of sp³-hybridized carbons (Fsp3) is 0.500. The highest BCUT2D eigenvalue weighted by molar-refractivity contribution is 5.85. The fourth-order valence-electron chi connectivity index (χ4n) is 4.43. The lowest BCUT2D eigenvalue weighted by Crippen LogP contribution is -2.44. The van der Waals surface area contributed by atoms with Gasteiger partial charge in [-0.25, -0.2) is 4.98 Å². The van der Waals surface area contributed by atoms with Crippen LogP contribution in [0.3, 0.4) is 0 Å². The van der Waals surface area contributed by atoms with Crippen LogP contribution in [-0.2, 0) is 24.2 Å². The van der Waals surface area contributed by atoms with Crippen molar-refractivity contribution < 1.29 is 4.79 Å². The Bertz CT molecular complexity index is 1090. The maximum absolute atomic E-state index is 12.9. The van der Waals surface area contributed by atoms with Crippen LogP contribution in [0.5, 0.6) is 0 Å². The molecular formula is C22H29N9O. The number of H-pyrrole nitrogens is 2. The lowest BCUT2D eigenvalue weighted by Gasteiger charge is -2.25. The summed E-state index contributed by atoms with van der Waals surface area (Å²) in [5, 5.41) is 20.7. The smallest absolute Gasteiger partial charge is 0.243 e. The van der Waals surface area contributed by atoms with E-state index in [1.165, 1.54) is 0 Å². The zero-order valence-electron chi connectivity index (χ0n) is 18.5. The van der Waals surface area contributed by atoms with Gasteiger partial charge in [-0.05, 0) is 44.1 Å². The molecule has 3 aromatic heterocycles. The van der Waals surface area contributed by atoms with Crippen molar-refractivity contribution in [1.82, 2.24) is 35.7 Å². The number of aromatic amines is 2. The quantitative estimate of drug-likeness (QED) is 0.449. The lowest BCUT2D eigenvalue weighted by atomic mass is 10.1. The van der Waals surface area contributed by atoms with Crippen LogP contribution in [0.4, 0.5) is 17.6 Å². The van der Waals surface area contributed by atoms with Crippen LogP contribution in [0.15, 0.2) is 18.3 Å². The van der Waals surface area contributed by atoms with Crippen LogP contribution in [-0.4, -0.2) is 48.9 Å². The maximum atomic E-state index is 12.9. The minimum absolute atomic E-state index is 0.00964. The summed E-state index contributed by atoms with van der Waals surface area (Å²) < 4.78 is 0. The molecule has 10 nitrogen and oxygen atoms in total. The number of fused-ring (bicyclic) bond motifs is 1. The molecule has 0 saturated carbocycles. The number of hydrogen-bond donors (Lipinski definition) is 4. The van der Waals surface area contributed by atoms with Crippen molar-refractivity contribution in [2.45, 2.75) is 64.5 Å². The number of aryl methyl sites for hydroxylation is 1. The monoisotopic (exact) mass is 435 g/mol. The number of aromatic nitrogens is 6. The third-order valence-electron chi connectivity index (χ3n) is 6.21. The highest BCUT2D eigenvalue weighted by atomic mass is 16.2. The van der Waals surface area contributed by atoms with Gasteiger partial charge in [-0.15, -0.1) is 0 Å². The molecule has 3 aromatic rings. The molecule has 1 amide bonds. The van der Waals surface area contributed by atoms with Gasteiger partial charge in [0.25, 0.3) is 0 Å². The van der Waals surface area contributed by atoms with Crippen molar-refractivity contribution in [2.75, 3.05) is 16.8 Å². The largest absolute Gasteiger partial charge is 0.349 e. The molecule has 0 unspecified atom stereocenters. The molecule has 0 radical (unpaired) electrons. The molecule has 4 heterocycles. The first-order valence-corrected chi connectivity index (χ1v) is 11.3. The molecule has 1 saturated heterocycles. The van der Waals surface area contributed by atoms with E-state index < -0.39 is 0 Å². The summed E-state index contributed by atoms with van der Waals surface area (Å²) in [7, 11) is 0. The highest BCUT2D eigenvalue weighted by Crippen LogP contribution is 2.32. The Morgan fingerprint density at radius 2 is 2.16 bits per heavy atom. The molecule has 32 heavy (non-hydrogen) atoms. The summed E-state index contributed by atoms with van der Waals surface area (Å²) in [4.78, 5) is 24.7. The molecule has 0 spiro atoms. The summed E-state index contributed by atoms with van der Waals surface area (Å²) in [6.45, 7) is 5.45. The van der Waals surface area contributed by atoms with E-state index in [9.17, 15) is 4.79 Å². The Morgan fingerprint density at radius 1 is 1.25 bits per heavy atom. The number of rotatable bonds is 7. The number of carbonyl (C=O) groups excluding carboxylic acids is 1. The summed E-state index contributed by atoms with van der Waals surface area (Å²) >= 11 is 0. The number of hydrogen-bond acceptors (Lipinski definition) is 7. The molecule has 2 aliphatic rings. The molecule has 4 N–H and O–H groups in total. The van der Waals surface area contributed by atoms with Crippen LogP contribution >= 0.6 is 0 Å². The number of nitrogens with zero attached hydrogens (tertiary/aromatic N) is 5. The SMILES string of the molecule is CC(C)c1cc(Nc2nc(N3CCC[C@@H]3C(=O)NCc3ccn[nH]3)nc3c2CCC3)n[nH]1. The third-order valence-corrected chi connectivity index (χ3v) is 6.21. The van der Waals surface area contributed by atoms with Crippen molar-refractivity contribution >= 4 is 23.5 Å². The predicted octanol–water partition coefficient (Wildman–Crippen LogP) is 2.56. The number of carbonyl (C=O) groups is 1. The van der Waals surface area contributed by atoms with Gasteiger partial charge in [0.2, 0.25) is 11.9 Å². The van der Waals surface area contributed by atoms with E-state index in [0.717, 1.165) is 72.9 Å². The Labute approximate surface area is 186 Å². The Kier molecular flexibility index (Phi) is 5.50. The van der Waals surface area contributed by atoms with Crippen molar-refractivity contribution in [2.24, 2.45) is 0 Å². The van der Waals surface area contributed by atoms with E-state index in [0.29, 0.717) is 18.4 Å². The molecule has 10 heteroatoms. The van der Waals surface area contributed by atoms with Gasteiger partial charge < -0.3 is 15.5 Å². The molecule has 5 rings (SSSR count). The van der Waals surface area contributed by atoms with Crippen LogP contribution in [0.25, 0.3) is 0 Å². The molecule has 0 bridgehead atoms. The number of anilines is 3. The third kappa shape index (κ3) is 4.04. The van der Waals surface area contributed by atoms with Gasteiger partial charge in [0, 0.05) is 30.1 Å². The van der Waals surface area contributed by atoms with Crippen molar-refractivity contribution in [3.05, 3.63) is 41.0 Å². The Balaban J connectivity index is 1.37. The minimum atomic E-state index is -0.275. The van der Waals surface area contributed by atoms with E-state index in [1.54, 1.807) is 6.20 Å². The first kappa shape index (κ1) is 20.5. The predicted molar refractivity (Wildman–Crippen MR) is 121 cm³/mol. The number of nitrogens with one attached hydrogen (secondary N) is 4. The molecule has 1 fully saturated rings. The first-order valence-electron chi connectivity index (χ1n) is 11.3. The normalized spacial score (nSPS) is 17.7. The van der Waals surface area contributed by atoms with Gasteiger partial charge in [0.15, 0.2) is 5.82 Å². The standard InChI is InChI=1S/C22H29N9O/c1-13(2)17-11-19(30-29-17)26-20-15-5-3-6-16(15)25-22(27-20)31-10-4-7-18(31)21(32)23-12-14-8-9-24-28-14/h8-9,11,13,18H,3-7,10,12H2,1-2H3,(H,23,32)(H,24,28)(H2,25,26,27,29,30)/t18-/m1/s1. The van der Waals surface area contributed by atoms with Crippen molar-refractivity contribution in [3.63, 3.8) is 0 Å². The average molecular weight is 436 g/mol. The number of amides is 1. The Hall–Kier alpha value is -3.43. The van der Waals surface area contributed by atoms with Gasteiger partial charge >= 0.3 is 0 Å². The molecule has 0 aromatic carbocycles. The van der Waals surface area contributed by atoms with Gasteiger partial charge in [-0.1, -0.05) is 13.8 Å². The summed E-state index contributed by atoms with van der Waals surface area (Å²) in [6, 6.07) is 3.60. The topological polar surface area (TPSA) is 128 Å². The minimum Gasteiger partial charge on any atom is -0.349 e. The summed E-state index contributed by atoms with van der Waals surface area (Å²) in [5.74, 6) is 2.53. The van der Waals surface area contributed by atoms with E-state index in [4.69, 9.17) is 9.97 Å². The second-order valence-corrected chi connectivity index (χ2v) is 8.79. The first-order chi connectivity index (χ1) is 15.6. The molecule has 1 aliphatic heterocycles. The van der Waals surface area contributed by atoms with E-state index >= 15 is 0 Å². The van der Waals surface area contributed by atoms with E-state index in [2.05, 4.69) is 44.9 Å². The Morgan fingerprint density at radius 3 is 2.94 bits per heavy atom. The summed E-state index contributed by atoms with van der Waals surface area (Å²) in [6.07, 6.45) is 6.35. The molecule has 1 aliphatic carbocycles. The van der Waals surface area contributed by atoms with Crippen LogP contribution in [0.1, 0.15) is 61.7 Å². The second-order valence-electron chi connectivity index (χ2n) is 8.79. The molecule has 168 valence electrons. The van der Waals surface area contributed by atoms with Crippen molar-refractivity contribution in [3.8, 4) is 0 Å². The second kappa shape index (κ2) is 8.60. The molecular weight excluding hydrogens is 406 g/mol. The maximum Gasteiger partial charge on any atom is 0.243 e. The highest BCUT2D eigenvalue weighted by Gasteiger charge is 2.34.